The fourth-order valence-corrected chi connectivity index (χ4v) is 1.52. The molecule has 0 saturated carbocycles. The normalized spacial score (nSPS) is 12.3. The fourth-order valence-electron chi connectivity index (χ4n) is 1.52. The molecule has 1 unspecified atom stereocenters. The van der Waals surface area contributed by atoms with Crippen LogP contribution < -0.4 is 10.6 Å². The van der Waals surface area contributed by atoms with Crippen molar-refractivity contribution in [1.29, 1.82) is 0 Å². The van der Waals surface area contributed by atoms with Crippen LogP contribution in [0.2, 0.25) is 0 Å². The zero-order valence-corrected chi connectivity index (χ0v) is 10.0. The van der Waals surface area contributed by atoms with Gasteiger partial charge in [-0.15, -0.1) is 0 Å². The second-order valence-corrected chi connectivity index (χ2v) is 3.77. The molecule has 17 heavy (non-hydrogen) atoms. The highest BCUT2D eigenvalue weighted by atomic mass is 16.5. The second-order valence-electron chi connectivity index (χ2n) is 3.77. The third kappa shape index (κ3) is 3.07. The van der Waals surface area contributed by atoms with E-state index >= 15 is 0 Å². The number of amides is 1. The summed E-state index contributed by atoms with van der Waals surface area (Å²) in [6.07, 6.45) is -1.21. The molecule has 1 rings (SSSR count). The average Bonchev–Trinajstić information content (AvgIpc) is 2.28. The fraction of sp³-hybridized carbons (Fsp3) is 0.364. The Balaban J connectivity index is 3.09. The van der Waals surface area contributed by atoms with E-state index in [1.807, 2.05) is 0 Å². The summed E-state index contributed by atoms with van der Waals surface area (Å²) in [6, 6.07) is 4.56. The van der Waals surface area contributed by atoms with Crippen LogP contribution in [0, 0.1) is 5.92 Å². The Morgan fingerprint density at radius 2 is 2.18 bits per heavy atom. The Labute approximate surface area is 100.0 Å². The predicted octanol–water partition coefficient (Wildman–Crippen LogP) is 1.60. The molecule has 0 aliphatic heterocycles. The van der Waals surface area contributed by atoms with Gasteiger partial charge in [-0.2, -0.15) is 0 Å². The third-order valence-corrected chi connectivity index (χ3v) is 2.28. The minimum absolute atomic E-state index is 0.424. The van der Waals surface area contributed by atoms with Crippen molar-refractivity contribution in [3.63, 3.8) is 0 Å². The molecule has 1 atom stereocenters. The van der Waals surface area contributed by atoms with Crippen molar-refractivity contribution in [3.8, 4) is 5.88 Å². The van der Waals surface area contributed by atoms with E-state index in [2.05, 4.69) is 4.98 Å². The molecule has 6 heteroatoms. The van der Waals surface area contributed by atoms with Crippen LogP contribution in [0.1, 0.15) is 25.6 Å². The number of rotatable bonds is 4. The molecule has 1 aromatic rings. The molecule has 1 aromatic heterocycles. The molecule has 1 heterocycles. The predicted molar refractivity (Wildman–Crippen MR) is 62.2 cm³/mol. The van der Waals surface area contributed by atoms with Crippen molar-refractivity contribution in [2.45, 2.75) is 19.9 Å². The highest BCUT2D eigenvalue weighted by Crippen LogP contribution is 2.27. The Kier molecular flexibility index (Phi) is 4.28. The van der Waals surface area contributed by atoms with Crippen molar-refractivity contribution >= 4 is 6.09 Å². The van der Waals surface area contributed by atoms with Gasteiger partial charge in [-0.05, 0) is 6.07 Å². The molecule has 1 radical (unpaired) electrons. The van der Waals surface area contributed by atoms with Gasteiger partial charge in [0.05, 0.1) is 18.8 Å². The summed E-state index contributed by atoms with van der Waals surface area (Å²) < 4.78 is 5.00. The first-order valence-electron chi connectivity index (χ1n) is 5.05. The second kappa shape index (κ2) is 5.49. The van der Waals surface area contributed by atoms with Crippen LogP contribution in [0.15, 0.2) is 18.2 Å². The van der Waals surface area contributed by atoms with E-state index < -0.39 is 12.1 Å². The van der Waals surface area contributed by atoms with E-state index in [4.69, 9.17) is 15.7 Å². The molecule has 0 aliphatic rings. The van der Waals surface area contributed by atoms with E-state index in [-0.39, 0.29) is 0 Å². The van der Waals surface area contributed by atoms with Crippen LogP contribution in [0.3, 0.4) is 0 Å². The van der Waals surface area contributed by atoms with Gasteiger partial charge in [-0.1, -0.05) is 19.9 Å². The SMILES string of the molecule is COc1cccc(C([C](C)C)N(N)C(=O)O)n1. The van der Waals surface area contributed by atoms with Gasteiger partial charge < -0.3 is 9.84 Å². The topological polar surface area (TPSA) is 88.7 Å². The summed E-state index contributed by atoms with van der Waals surface area (Å²) in [7, 11) is 1.50. The molecule has 0 aliphatic carbocycles. The van der Waals surface area contributed by atoms with Crippen LogP contribution in [-0.2, 0) is 0 Å². The highest BCUT2D eigenvalue weighted by molar-refractivity contribution is 5.65. The van der Waals surface area contributed by atoms with Crippen LogP contribution >= 0.6 is 0 Å². The van der Waals surface area contributed by atoms with Gasteiger partial charge in [-0.3, -0.25) is 0 Å². The summed E-state index contributed by atoms with van der Waals surface area (Å²) in [6.45, 7) is 3.60. The number of nitrogens with zero attached hydrogens (tertiary/aromatic N) is 2. The zero-order valence-electron chi connectivity index (χ0n) is 10.0. The van der Waals surface area contributed by atoms with Crippen LogP contribution in [-0.4, -0.2) is 28.3 Å². The lowest BCUT2D eigenvalue weighted by Gasteiger charge is -2.27. The van der Waals surface area contributed by atoms with E-state index in [0.29, 0.717) is 11.6 Å². The van der Waals surface area contributed by atoms with Gasteiger partial charge in [-0.25, -0.2) is 20.6 Å². The lowest BCUT2D eigenvalue weighted by Crippen LogP contribution is -2.41. The van der Waals surface area contributed by atoms with E-state index in [1.54, 1.807) is 32.0 Å². The van der Waals surface area contributed by atoms with E-state index in [9.17, 15) is 4.79 Å². The smallest absolute Gasteiger partial charge is 0.422 e. The number of pyridine rings is 1. The van der Waals surface area contributed by atoms with E-state index in [1.165, 1.54) is 7.11 Å². The minimum atomic E-state index is -1.21. The number of methoxy groups -OCH3 is 1. The van der Waals surface area contributed by atoms with Crippen molar-refractivity contribution in [3.05, 3.63) is 29.8 Å². The summed E-state index contributed by atoms with van der Waals surface area (Å²) in [4.78, 5) is 15.1. The van der Waals surface area contributed by atoms with Crippen LogP contribution in [0.4, 0.5) is 4.79 Å². The van der Waals surface area contributed by atoms with Crippen molar-refractivity contribution in [2.24, 2.45) is 5.84 Å². The molecule has 3 N–H and O–H groups in total. The molecule has 6 nitrogen and oxygen atoms in total. The average molecular weight is 238 g/mol. The van der Waals surface area contributed by atoms with Gasteiger partial charge >= 0.3 is 6.09 Å². The summed E-state index contributed by atoms with van der Waals surface area (Å²) in [5.41, 5.74) is 0.536. The monoisotopic (exact) mass is 238 g/mol. The molecule has 1 amide bonds. The molecule has 93 valence electrons. The Morgan fingerprint density at radius 1 is 1.53 bits per heavy atom. The number of aromatic nitrogens is 1. The van der Waals surface area contributed by atoms with Gasteiger partial charge in [0.25, 0.3) is 0 Å². The van der Waals surface area contributed by atoms with Crippen molar-refractivity contribution in [1.82, 2.24) is 9.99 Å². The maximum Gasteiger partial charge on any atom is 0.422 e. The number of carbonyl (C=O) groups is 1. The van der Waals surface area contributed by atoms with Crippen molar-refractivity contribution < 1.29 is 14.6 Å². The summed E-state index contributed by atoms with van der Waals surface area (Å²) in [5, 5.41) is 9.65. The molecule has 0 bridgehead atoms. The first-order valence-corrected chi connectivity index (χ1v) is 5.05. The summed E-state index contributed by atoms with van der Waals surface area (Å²) in [5.74, 6) is 6.77. The Morgan fingerprint density at radius 3 is 2.65 bits per heavy atom. The number of hydrogen-bond acceptors (Lipinski definition) is 4. The van der Waals surface area contributed by atoms with Crippen LogP contribution in [0.25, 0.3) is 0 Å². The Hall–Kier alpha value is -1.82. The minimum Gasteiger partial charge on any atom is -0.481 e. The lowest BCUT2D eigenvalue weighted by atomic mass is 10.00. The lowest BCUT2D eigenvalue weighted by molar-refractivity contribution is 0.126. The molecule has 0 saturated heterocycles. The standard InChI is InChI=1S/C11H16N3O3/c1-7(2)10(14(12)11(15)16)8-5-4-6-9(13-8)17-3/h4-6,10H,12H2,1-3H3,(H,15,16). The largest absolute Gasteiger partial charge is 0.481 e. The third-order valence-electron chi connectivity index (χ3n) is 2.28. The Bertz CT molecular complexity index is 395. The summed E-state index contributed by atoms with van der Waals surface area (Å²) >= 11 is 0. The first kappa shape index (κ1) is 13.2. The number of carboxylic acid groups (broad SMARTS) is 1. The number of hydrazine groups is 1. The number of nitrogens with two attached hydrogens (primary N) is 1. The van der Waals surface area contributed by atoms with Gasteiger partial charge in [0.1, 0.15) is 0 Å². The van der Waals surface area contributed by atoms with Gasteiger partial charge in [0.2, 0.25) is 5.88 Å². The maximum atomic E-state index is 10.9. The van der Waals surface area contributed by atoms with E-state index in [0.717, 1.165) is 10.9 Å². The molecular weight excluding hydrogens is 222 g/mol. The number of hydrogen-bond donors (Lipinski definition) is 2. The van der Waals surface area contributed by atoms with Gasteiger partial charge in [0.15, 0.2) is 0 Å². The maximum absolute atomic E-state index is 10.9. The molecule has 0 fully saturated rings. The number of ether oxygens (including phenoxy) is 1. The van der Waals surface area contributed by atoms with Crippen molar-refractivity contribution in [2.75, 3.05) is 7.11 Å². The van der Waals surface area contributed by atoms with Crippen LogP contribution in [0.5, 0.6) is 5.88 Å². The quantitative estimate of drug-likeness (QED) is 0.472. The van der Waals surface area contributed by atoms with Gasteiger partial charge in [0, 0.05) is 12.0 Å². The molecular formula is C11H16N3O3. The molecule has 0 aromatic carbocycles. The zero-order chi connectivity index (χ0) is 13.0. The molecule has 0 spiro atoms. The first-order chi connectivity index (χ1) is 7.97. The highest BCUT2D eigenvalue weighted by Gasteiger charge is 2.27.